The number of aromatic nitrogens is 2. The van der Waals surface area contributed by atoms with Gasteiger partial charge in [-0.2, -0.15) is 4.98 Å². The smallest absolute Gasteiger partial charge is 0.222 e. The van der Waals surface area contributed by atoms with Crippen LogP contribution in [0, 0.1) is 5.92 Å². The van der Waals surface area contributed by atoms with Crippen molar-refractivity contribution >= 4 is 22.7 Å². The molecule has 0 amide bonds. The van der Waals surface area contributed by atoms with E-state index in [4.69, 9.17) is 5.73 Å². The largest absolute Gasteiger partial charge is 0.368 e. The quantitative estimate of drug-likeness (QED) is 0.894. The summed E-state index contributed by atoms with van der Waals surface area (Å²) in [6.45, 7) is 4.20. The van der Waals surface area contributed by atoms with Gasteiger partial charge in [-0.15, -0.1) is 0 Å². The van der Waals surface area contributed by atoms with E-state index in [1.54, 1.807) is 0 Å². The Balaban J connectivity index is 2.07. The van der Waals surface area contributed by atoms with Crippen LogP contribution in [0.4, 0.5) is 11.8 Å². The zero-order valence-electron chi connectivity index (χ0n) is 10.6. The normalized spacial score (nSPS) is 14.9. The summed E-state index contributed by atoms with van der Waals surface area (Å²) in [6, 6.07) is 8.06. The monoisotopic (exact) mass is 242 g/mol. The molecule has 4 heteroatoms. The molecule has 0 saturated heterocycles. The van der Waals surface area contributed by atoms with Gasteiger partial charge in [-0.05, 0) is 37.8 Å². The lowest BCUT2D eigenvalue weighted by Crippen LogP contribution is -2.26. The summed E-state index contributed by atoms with van der Waals surface area (Å²) in [5, 5.41) is 1.09. The molecule has 1 aromatic heterocycles. The number of hydrogen-bond acceptors (Lipinski definition) is 4. The SMILES string of the molecule is CCN(CC1CC1)c1nc(N)nc2ccccc12. The van der Waals surface area contributed by atoms with E-state index in [0.717, 1.165) is 35.7 Å². The Labute approximate surface area is 107 Å². The highest BCUT2D eigenvalue weighted by Gasteiger charge is 2.25. The number of benzene rings is 1. The zero-order chi connectivity index (χ0) is 12.5. The van der Waals surface area contributed by atoms with Gasteiger partial charge in [-0.1, -0.05) is 12.1 Å². The average molecular weight is 242 g/mol. The van der Waals surface area contributed by atoms with Gasteiger partial charge in [-0.25, -0.2) is 4.98 Å². The molecule has 1 fully saturated rings. The van der Waals surface area contributed by atoms with E-state index in [-0.39, 0.29) is 0 Å². The number of nitrogens with zero attached hydrogens (tertiary/aromatic N) is 3. The molecule has 0 unspecified atom stereocenters. The van der Waals surface area contributed by atoms with E-state index >= 15 is 0 Å². The summed E-state index contributed by atoms with van der Waals surface area (Å²) in [4.78, 5) is 11.1. The van der Waals surface area contributed by atoms with E-state index in [2.05, 4.69) is 27.9 Å². The maximum absolute atomic E-state index is 5.81. The Kier molecular flexibility index (Phi) is 2.78. The number of rotatable bonds is 4. The first kappa shape index (κ1) is 11.3. The third kappa shape index (κ3) is 2.10. The minimum Gasteiger partial charge on any atom is -0.368 e. The number of fused-ring (bicyclic) bond motifs is 1. The first-order valence-corrected chi connectivity index (χ1v) is 6.55. The molecule has 1 heterocycles. The van der Waals surface area contributed by atoms with E-state index in [1.165, 1.54) is 12.8 Å². The van der Waals surface area contributed by atoms with Gasteiger partial charge in [0.2, 0.25) is 5.95 Å². The molecule has 3 rings (SSSR count). The molecule has 1 aliphatic rings. The summed E-state index contributed by atoms with van der Waals surface area (Å²) in [5.41, 5.74) is 6.74. The predicted octanol–water partition coefficient (Wildman–Crippen LogP) is 2.45. The van der Waals surface area contributed by atoms with Gasteiger partial charge in [0.25, 0.3) is 0 Å². The van der Waals surface area contributed by atoms with E-state index in [0.29, 0.717) is 5.95 Å². The summed E-state index contributed by atoms with van der Waals surface area (Å²) in [7, 11) is 0. The fourth-order valence-corrected chi connectivity index (χ4v) is 2.30. The molecular weight excluding hydrogens is 224 g/mol. The van der Waals surface area contributed by atoms with Gasteiger partial charge in [-0.3, -0.25) is 0 Å². The van der Waals surface area contributed by atoms with Gasteiger partial charge in [0.1, 0.15) is 5.82 Å². The van der Waals surface area contributed by atoms with Crippen molar-refractivity contribution in [3.8, 4) is 0 Å². The van der Waals surface area contributed by atoms with Crippen molar-refractivity contribution in [3.63, 3.8) is 0 Å². The van der Waals surface area contributed by atoms with Crippen LogP contribution in [0.2, 0.25) is 0 Å². The summed E-state index contributed by atoms with van der Waals surface area (Å²) >= 11 is 0. The number of para-hydroxylation sites is 1. The van der Waals surface area contributed by atoms with Gasteiger partial charge in [0.15, 0.2) is 0 Å². The van der Waals surface area contributed by atoms with Crippen LogP contribution in [0.25, 0.3) is 10.9 Å². The summed E-state index contributed by atoms with van der Waals surface area (Å²) < 4.78 is 0. The van der Waals surface area contributed by atoms with Crippen LogP contribution in [-0.2, 0) is 0 Å². The van der Waals surface area contributed by atoms with Crippen molar-refractivity contribution in [2.45, 2.75) is 19.8 Å². The predicted molar refractivity (Wildman–Crippen MR) is 74.6 cm³/mol. The lowest BCUT2D eigenvalue weighted by molar-refractivity contribution is 0.734. The number of hydrogen-bond donors (Lipinski definition) is 1. The minimum atomic E-state index is 0.359. The standard InChI is InChI=1S/C14H18N4/c1-2-18(9-10-7-8-10)13-11-5-3-4-6-12(11)16-14(15)17-13/h3-6,10H,2,7-9H2,1H3,(H2,15,16,17). The summed E-state index contributed by atoms with van der Waals surface area (Å²) in [5.74, 6) is 2.17. The Morgan fingerprint density at radius 1 is 1.28 bits per heavy atom. The van der Waals surface area contributed by atoms with Crippen LogP contribution in [-0.4, -0.2) is 23.1 Å². The second-order valence-electron chi connectivity index (χ2n) is 4.90. The fraction of sp³-hybridized carbons (Fsp3) is 0.429. The molecule has 1 aliphatic carbocycles. The van der Waals surface area contributed by atoms with E-state index < -0.39 is 0 Å². The molecule has 0 atom stereocenters. The molecule has 4 nitrogen and oxygen atoms in total. The molecule has 94 valence electrons. The van der Waals surface area contributed by atoms with Crippen LogP contribution in [0.3, 0.4) is 0 Å². The highest BCUT2D eigenvalue weighted by Crippen LogP contribution is 2.32. The highest BCUT2D eigenvalue weighted by molar-refractivity contribution is 5.90. The van der Waals surface area contributed by atoms with Crippen LogP contribution >= 0.6 is 0 Å². The lowest BCUT2D eigenvalue weighted by Gasteiger charge is -2.23. The molecule has 0 spiro atoms. The summed E-state index contributed by atoms with van der Waals surface area (Å²) in [6.07, 6.45) is 2.68. The number of anilines is 2. The minimum absolute atomic E-state index is 0.359. The maximum Gasteiger partial charge on any atom is 0.222 e. The van der Waals surface area contributed by atoms with Crippen LogP contribution in [0.5, 0.6) is 0 Å². The third-order valence-electron chi connectivity index (χ3n) is 3.46. The first-order valence-electron chi connectivity index (χ1n) is 6.55. The van der Waals surface area contributed by atoms with Gasteiger partial charge < -0.3 is 10.6 Å². The van der Waals surface area contributed by atoms with E-state index in [9.17, 15) is 0 Å². The first-order chi connectivity index (χ1) is 8.78. The van der Waals surface area contributed by atoms with Crippen molar-refractivity contribution in [2.75, 3.05) is 23.7 Å². The van der Waals surface area contributed by atoms with Crippen LogP contribution in [0.1, 0.15) is 19.8 Å². The fourth-order valence-electron chi connectivity index (χ4n) is 2.30. The third-order valence-corrected chi connectivity index (χ3v) is 3.46. The molecule has 0 radical (unpaired) electrons. The Hall–Kier alpha value is -1.84. The second-order valence-corrected chi connectivity index (χ2v) is 4.90. The molecule has 1 saturated carbocycles. The van der Waals surface area contributed by atoms with Crippen LogP contribution in [0.15, 0.2) is 24.3 Å². The highest BCUT2D eigenvalue weighted by atomic mass is 15.2. The second kappa shape index (κ2) is 4.44. The topological polar surface area (TPSA) is 55.0 Å². The molecule has 2 N–H and O–H groups in total. The number of nitrogens with two attached hydrogens (primary N) is 1. The maximum atomic E-state index is 5.81. The van der Waals surface area contributed by atoms with Gasteiger partial charge in [0, 0.05) is 18.5 Å². The molecule has 0 bridgehead atoms. The van der Waals surface area contributed by atoms with Crippen molar-refractivity contribution in [2.24, 2.45) is 5.92 Å². The van der Waals surface area contributed by atoms with Gasteiger partial charge in [0.05, 0.1) is 5.52 Å². The van der Waals surface area contributed by atoms with E-state index in [1.807, 2.05) is 18.2 Å². The molecule has 0 aliphatic heterocycles. The Morgan fingerprint density at radius 3 is 2.78 bits per heavy atom. The Bertz CT molecular complexity index is 563. The molecule has 18 heavy (non-hydrogen) atoms. The lowest BCUT2D eigenvalue weighted by atomic mass is 10.2. The molecular formula is C14H18N4. The van der Waals surface area contributed by atoms with Crippen molar-refractivity contribution in [1.82, 2.24) is 9.97 Å². The average Bonchev–Trinajstić information content (AvgIpc) is 3.19. The Morgan fingerprint density at radius 2 is 2.06 bits per heavy atom. The van der Waals surface area contributed by atoms with Crippen molar-refractivity contribution in [3.05, 3.63) is 24.3 Å². The van der Waals surface area contributed by atoms with Crippen molar-refractivity contribution in [1.29, 1.82) is 0 Å². The van der Waals surface area contributed by atoms with Crippen molar-refractivity contribution < 1.29 is 0 Å². The molecule has 1 aromatic carbocycles. The molecule has 2 aromatic rings. The number of nitrogen functional groups attached to an aromatic ring is 1. The van der Waals surface area contributed by atoms with Gasteiger partial charge >= 0.3 is 0 Å². The zero-order valence-corrected chi connectivity index (χ0v) is 10.6. The van der Waals surface area contributed by atoms with Crippen LogP contribution < -0.4 is 10.6 Å².